The second kappa shape index (κ2) is 10.2. The van der Waals surface area contributed by atoms with E-state index in [1.165, 1.54) is 0 Å². The van der Waals surface area contributed by atoms with Crippen molar-refractivity contribution >= 4 is 28.7 Å². The Morgan fingerprint density at radius 1 is 1.08 bits per heavy atom. The summed E-state index contributed by atoms with van der Waals surface area (Å²) in [6.45, 7) is 4.58. The van der Waals surface area contributed by atoms with Crippen molar-refractivity contribution in [3.8, 4) is 17.2 Å². The van der Waals surface area contributed by atoms with E-state index >= 15 is 0 Å². The molecule has 5 rings (SSSR count). The van der Waals surface area contributed by atoms with Gasteiger partial charge in [-0.1, -0.05) is 30.3 Å². The predicted octanol–water partition coefficient (Wildman–Crippen LogP) is 5.72. The number of carbonyl (C=O) groups is 2. The van der Waals surface area contributed by atoms with Crippen molar-refractivity contribution in [1.29, 1.82) is 0 Å². The molecule has 0 bridgehead atoms. The minimum Gasteiger partial charge on any atom is -0.497 e. The Kier molecular flexibility index (Phi) is 6.68. The number of hydrogen-bond acceptors (Lipinski definition) is 6. The van der Waals surface area contributed by atoms with Crippen LogP contribution in [-0.4, -0.2) is 30.0 Å². The number of benzene rings is 3. The van der Waals surface area contributed by atoms with Crippen LogP contribution in [0.4, 0.5) is 0 Å². The van der Waals surface area contributed by atoms with Crippen molar-refractivity contribution in [1.82, 2.24) is 4.57 Å². The molecule has 0 aliphatic carbocycles. The van der Waals surface area contributed by atoms with Crippen molar-refractivity contribution in [3.05, 3.63) is 94.9 Å². The van der Waals surface area contributed by atoms with Crippen LogP contribution in [0.1, 0.15) is 34.0 Å². The maximum absolute atomic E-state index is 13.1. The van der Waals surface area contributed by atoms with E-state index in [2.05, 4.69) is 11.5 Å². The average Bonchev–Trinajstić information content (AvgIpc) is 3.44. The molecule has 1 aliphatic heterocycles. The summed E-state index contributed by atoms with van der Waals surface area (Å²) in [4.78, 5) is 25.3. The molecule has 4 aromatic rings. The number of aromatic nitrogens is 1. The summed E-state index contributed by atoms with van der Waals surface area (Å²) < 4.78 is 24.5. The fourth-order valence-corrected chi connectivity index (χ4v) is 4.39. The van der Waals surface area contributed by atoms with Gasteiger partial charge in [-0.25, -0.2) is 4.79 Å². The quantitative estimate of drug-likeness (QED) is 0.229. The number of carbonyl (C=O) groups excluding carboxylic acids is 2. The average molecular weight is 498 g/mol. The maximum atomic E-state index is 13.1. The molecule has 0 radical (unpaired) electrons. The number of nitrogens with zero attached hydrogens (tertiary/aromatic N) is 1. The first-order valence-corrected chi connectivity index (χ1v) is 12.1. The molecule has 188 valence electrons. The first-order valence-electron chi connectivity index (χ1n) is 12.1. The second-order valence-electron chi connectivity index (χ2n) is 8.69. The molecular formula is C30H27NO6. The summed E-state index contributed by atoms with van der Waals surface area (Å²) in [6.07, 6.45) is 3.76. The van der Waals surface area contributed by atoms with E-state index in [1.807, 2.05) is 54.7 Å². The summed E-state index contributed by atoms with van der Waals surface area (Å²) in [5, 5.41) is 0.968. The number of methoxy groups -OCH3 is 1. The lowest BCUT2D eigenvalue weighted by molar-refractivity contribution is -0.147. The molecule has 37 heavy (non-hydrogen) atoms. The van der Waals surface area contributed by atoms with Crippen molar-refractivity contribution < 1.29 is 28.5 Å². The van der Waals surface area contributed by atoms with Crippen LogP contribution in [-0.2, 0) is 22.7 Å². The van der Waals surface area contributed by atoms with Crippen LogP contribution in [0.3, 0.4) is 0 Å². The van der Waals surface area contributed by atoms with Gasteiger partial charge in [0.15, 0.2) is 12.4 Å². The fraction of sp³-hybridized carbons (Fsp3) is 0.200. The molecule has 7 nitrogen and oxygen atoms in total. The number of rotatable bonds is 8. The molecule has 3 aromatic carbocycles. The van der Waals surface area contributed by atoms with Crippen LogP contribution in [0.2, 0.25) is 0 Å². The van der Waals surface area contributed by atoms with Gasteiger partial charge in [0.1, 0.15) is 23.9 Å². The van der Waals surface area contributed by atoms with E-state index in [4.69, 9.17) is 18.9 Å². The first kappa shape index (κ1) is 24.2. The summed E-state index contributed by atoms with van der Waals surface area (Å²) in [6, 6.07) is 18.7. The standard InChI is InChI=1S/C30H27NO6/c1-4-31-16-21(24-15-22(34-3)10-12-25(24)31)14-27-29(33)23-11-13-26(19(2)30(23)37-27)35-18-28(32)36-17-20-8-6-5-7-9-20/h5-16H,4,17-18H2,1-3H3/b27-14-. The number of hydrogen-bond donors (Lipinski definition) is 0. The maximum Gasteiger partial charge on any atom is 0.344 e. The van der Waals surface area contributed by atoms with Crippen molar-refractivity contribution in [2.24, 2.45) is 0 Å². The third-order valence-electron chi connectivity index (χ3n) is 6.37. The molecule has 0 atom stereocenters. The Morgan fingerprint density at radius 3 is 2.65 bits per heavy atom. The number of esters is 1. The summed E-state index contributed by atoms with van der Waals surface area (Å²) in [7, 11) is 1.63. The van der Waals surface area contributed by atoms with Crippen LogP contribution in [0, 0.1) is 6.92 Å². The lowest BCUT2D eigenvalue weighted by Crippen LogP contribution is -2.15. The van der Waals surface area contributed by atoms with Gasteiger partial charge in [0.2, 0.25) is 5.78 Å². The fourth-order valence-electron chi connectivity index (χ4n) is 4.39. The molecule has 0 spiro atoms. The molecule has 0 fully saturated rings. The van der Waals surface area contributed by atoms with Crippen LogP contribution < -0.4 is 14.2 Å². The number of allylic oxidation sites excluding steroid dienone is 1. The molecule has 0 saturated carbocycles. The van der Waals surface area contributed by atoms with E-state index in [-0.39, 0.29) is 24.8 Å². The predicted molar refractivity (Wildman–Crippen MR) is 140 cm³/mol. The van der Waals surface area contributed by atoms with E-state index in [9.17, 15) is 9.59 Å². The SMILES string of the molecule is CCn1cc(/C=C2\Oc3c(ccc(OCC(=O)OCc4ccccc4)c3C)C2=O)c2cc(OC)ccc21. The van der Waals surface area contributed by atoms with Crippen LogP contribution in [0.15, 0.2) is 72.6 Å². The minimum absolute atomic E-state index is 0.179. The Bertz CT molecular complexity index is 1520. The van der Waals surface area contributed by atoms with Gasteiger partial charge >= 0.3 is 5.97 Å². The van der Waals surface area contributed by atoms with E-state index in [0.29, 0.717) is 22.6 Å². The third-order valence-corrected chi connectivity index (χ3v) is 6.37. The Hall–Kier alpha value is -4.52. The Balaban J connectivity index is 1.33. The zero-order chi connectivity index (χ0) is 25.9. The smallest absolute Gasteiger partial charge is 0.344 e. The number of ketones is 1. The highest BCUT2D eigenvalue weighted by Gasteiger charge is 2.30. The molecule has 0 amide bonds. The molecule has 1 aromatic heterocycles. The molecule has 1 aliphatic rings. The van der Waals surface area contributed by atoms with Crippen molar-refractivity contribution in [2.75, 3.05) is 13.7 Å². The van der Waals surface area contributed by atoms with Gasteiger partial charge in [0.05, 0.1) is 12.7 Å². The highest BCUT2D eigenvalue weighted by atomic mass is 16.6. The lowest BCUT2D eigenvalue weighted by atomic mass is 10.1. The first-order chi connectivity index (χ1) is 18.0. The van der Waals surface area contributed by atoms with Crippen LogP contribution >= 0.6 is 0 Å². The van der Waals surface area contributed by atoms with Gasteiger partial charge in [-0.15, -0.1) is 0 Å². The van der Waals surface area contributed by atoms with Crippen molar-refractivity contribution in [2.45, 2.75) is 27.0 Å². The van der Waals surface area contributed by atoms with Gasteiger partial charge in [0, 0.05) is 34.8 Å². The molecule has 0 saturated heterocycles. The highest BCUT2D eigenvalue weighted by molar-refractivity contribution is 6.15. The summed E-state index contributed by atoms with van der Waals surface area (Å²) in [5.74, 6) is 1.18. The molecule has 2 heterocycles. The highest BCUT2D eigenvalue weighted by Crippen LogP contribution is 2.40. The zero-order valence-electron chi connectivity index (χ0n) is 20.9. The summed E-state index contributed by atoms with van der Waals surface area (Å²) in [5.41, 5.74) is 3.91. The van der Waals surface area contributed by atoms with Gasteiger partial charge in [0.25, 0.3) is 0 Å². The molecule has 0 unspecified atom stereocenters. The third kappa shape index (κ3) is 4.80. The largest absolute Gasteiger partial charge is 0.497 e. The molecule has 0 N–H and O–H groups in total. The zero-order valence-corrected chi connectivity index (χ0v) is 20.9. The van der Waals surface area contributed by atoms with Gasteiger partial charge < -0.3 is 23.5 Å². The number of Topliss-reactive ketones (excluding diaryl/α,β-unsaturated/α-hetero) is 1. The Labute approximate surface area is 214 Å². The minimum atomic E-state index is -0.482. The van der Waals surface area contributed by atoms with E-state index < -0.39 is 5.97 Å². The summed E-state index contributed by atoms with van der Waals surface area (Å²) >= 11 is 0. The van der Waals surface area contributed by atoms with Gasteiger partial charge in [-0.05, 0) is 55.8 Å². The number of ether oxygens (including phenoxy) is 4. The molecular weight excluding hydrogens is 470 g/mol. The number of aryl methyl sites for hydroxylation is 1. The lowest BCUT2D eigenvalue weighted by Gasteiger charge is -2.11. The van der Waals surface area contributed by atoms with Crippen LogP contribution in [0.5, 0.6) is 17.2 Å². The molecule has 7 heteroatoms. The van der Waals surface area contributed by atoms with E-state index in [1.54, 1.807) is 32.2 Å². The normalized spacial score (nSPS) is 13.5. The number of fused-ring (bicyclic) bond motifs is 2. The second-order valence-corrected chi connectivity index (χ2v) is 8.69. The monoisotopic (exact) mass is 497 g/mol. The van der Waals surface area contributed by atoms with E-state index in [0.717, 1.165) is 34.3 Å². The van der Waals surface area contributed by atoms with Crippen LogP contribution in [0.25, 0.3) is 17.0 Å². The van der Waals surface area contributed by atoms with Crippen molar-refractivity contribution in [3.63, 3.8) is 0 Å². The topological polar surface area (TPSA) is 76.0 Å². The van der Waals surface area contributed by atoms with Gasteiger partial charge in [-0.2, -0.15) is 0 Å². The Morgan fingerprint density at radius 2 is 1.89 bits per heavy atom. The van der Waals surface area contributed by atoms with Gasteiger partial charge in [-0.3, -0.25) is 4.79 Å².